The van der Waals surface area contributed by atoms with E-state index in [0.717, 1.165) is 53.8 Å². The van der Waals surface area contributed by atoms with Gasteiger partial charge < -0.3 is 10.2 Å². The minimum atomic E-state index is -4.37. The number of anilines is 1. The van der Waals surface area contributed by atoms with Gasteiger partial charge in [-0.05, 0) is 62.1 Å². The van der Waals surface area contributed by atoms with Gasteiger partial charge in [0, 0.05) is 18.8 Å². The normalized spacial score (nSPS) is 17.0. The van der Waals surface area contributed by atoms with E-state index in [0.29, 0.717) is 6.54 Å². The minimum absolute atomic E-state index is 0.0780. The van der Waals surface area contributed by atoms with Crippen molar-refractivity contribution in [1.29, 1.82) is 0 Å². The number of hydrogen-bond donors (Lipinski definition) is 1. The second-order valence-corrected chi connectivity index (χ2v) is 8.67. The van der Waals surface area contributed by atoms with Crippen LogP contribution >= 0.6 is 0 Å². The van der Waals surface area contributed by atoms with Crippen molar-refractivity contribution in [3.8, 4) is 0 Å². The number of alkyl halides is 3. The Morgan fingerprint density at radius 3 is 2.30 bits per heavy atom. The standard InChI is InChI=1S/C25H30F3N3O2/c1-17-7-6-8-18(2)24(17)29-22(32)15-30(3)23(33)16-31-14-5-4-9-21(31)19-10-12-20(13-11-19)25(26,27)28/h6-8,10-13,21H,4-5,9,14-16H2,1-3H3,(H,29,32). The van der Waals surface area contributed by atoms with Gasteiger partial charge in [-0.3, -0.25) is 14.5 Å². The zero-order valence-electron chi connectivity index (χ0n) is 19.2. The summed E-state index contributed by atoms with van der Waals surface area (Å²) in [5.41, 5.74) is 2.74. The molecule has 1 unspecified atom stereocenters. The van der Waals surface area contributed by atoms with Gasteiger partial charge in [0.1, 0.15) is 0 Å². The predicted molar refractivity (Wildman–Crippen MR) is 122 cm³/mol. The van der Waals surface area contributed by atoms with E-state index < -0.39 is 11.7 Å². The van der Waals surface area contributed by atoms with E-state index >= 15 is 0 Å². The number of hydrogen-bond acceptors (Lipinski definition) is 3. The van der Waals surface area contributed by atoms with Gasteiger partial charge >= 0.3 is 6.18 Å². The van der Waals surface area contributed by atoms with Gasteiger partial charge in [-0.25, -0.2) is 0 Å². The molecule has 1 fully saturated rings. The van der Waals surface area contributed by atoms with Crippen LogP contribution in [0.3, 0.4) is 0 Å². The number of rotatable bonds is 6. The van der Waals surface area contributed by atoms with Crippen molar-refractivity contribution in [2.75, 3.05) is 32.0 Å². The molecule has 5 nitrogen and oxygen atoms in total. The van der Waals surface area contributed by atoms with Gasteiger partial charge in [0.15, 0.2) is 0 Å². The largest absolute Gasteiger partial charge is 0.416 e. The minimum Gasteiger partial charge on any atom is -0.335 e. The fraction of sp³-hybridized carbons (Fsp3) is 0.440. The molecule has 2 aromatic carbocycles. The lowest BCUT2D eigenvalue weighted by Gasteiger charge is -2.36. The van der Waals surface area contributed by atoms with Crippen molar-refractivity contribution >= 4 is 17.5 Å². The molecule has 0 saturated carbocycles. The topological polar surface area (TPSA) is 52.7 Å². The van der Waals surface area contributed by atoms with E-state index in [9.17, 15) is 22.8 Å². The maximum atomic E-state index is 12.9. The lowest BCUT2D eigenvalue weighted by atomic mass is 9.94. The number of nitrogens with one attached hydrogen (secondary N) is 1. The second-order valence-electron chi connectivity index (χ2n) is 8.67. The van der Waals surface area contributed by atoms with Crippen molar-refractivity contribution in [1.82, 2.24) is 9.80 Å². The Labute approximate surface area is 192 Å². The first kappa shape index (κ1) is 24.8. The number of likely N-dealkylation sites (tertiary alicyclic amines) is 1. The van der Waals surface area contributed by atoms with Crippen LogP contribution in [0.15, 0.2) is 42.5 Å². The van der Waals surface area contributed by atoms with Gasteiger partial charge in [0.05, 0.1) is 18.7 Å². The number of benzene rings is 2. The summed E-state index contributed by atoms with van der Waals surface area (Å²) >= 11 is 0. The highest BCUT2D eigenvalue weighted by Crippen LogP contribution is 2.34. The summed E-state index contributed by atoms with van der Waals surface area (Å²) in [4.78, 5) is 28.7. The molecule has 1 N–H and O–H groups in total. The highest BCUT2D eigenvalue weighted by molar-refractivity contribution is 5.95. The van der Waals surface area contributed by atoms with E-state index in [2.05, 4.69) is 5.32 Å². The first-order chi connectivity index (χ1) is 15.6. The first-order valence-electron chi connectivity index (χ1n) is 11.1. The van der Waals surface area contributed by atoms with Gasteiger partial charge in [0.2, 0.25) is 11.8 Å². The van der Waals surface area contributed by atoms with Gasteiger partial charge in [0.25, 0.3) is 0 Å². The summed E-state index contributed by atoms with van der Waals surface area (Å²) < 4.78 is 38.7. The fourth-order valence-corrected chi connectivity index (χ4v) is 4.24. The number of carbonyl (C=O) groups is 2. The van der Waals surface area contributed by atoms with E-state index in [1.165, 1.54) is 17.0 Å². The molecule has 2 aromatic rings. The van der Waals surface area contributed by atoms with Crippen molar-refractivity contribution in [3.63, 3.8) is 0 Å². The molecule has 33 heavy (non-hydrogen) atoms. The molecule has 1 aliphatic heterocycles. The number of amides is 2. The molecule has 1 saturated heterocycles. The van der Waals surface area contributed by atoms with Crippen LogP contribution in [-0.2, 0) is 15.8 Å². The maximum absolute atomic E-state index is 12.9. The summed E-state index contributed by atoms with van der Waals surface area (Å²) in [6, 6.07) is 10.8. The smallest absolute Gasteiger partial charge is 0.335 e. The van der Waals surface area contributed by atoms with Crippen LogP contribution in [0.1, 0.15) is 47.6 Å². The monoisotopic (exact) mass is 461 g/mol. The Bertz CT molecular complexity index is 969. The molecule has 178 valence electrons. The molecule has 3 rings (SSSR count). The van der Waals surface area contributed by atoms with Crippen LogP contribution in [0.5, 0.6) is 0 Å². The average Bonchev–Trinajstić information content (AvgIpc) is 2.76. The number of piperidine rings is 1. The molecule has 1 aliphatic rings. The molecular formula is C25H30F3N3O2. The summed E-state index contributed by atoms with van der Waals surface area (Å²) in [5, 5.41) is 2.88. The highest BCUT2D eigenvalue weighted by atomic mass is 19.4. The number of likely N-dealkylation sites (N-methyl/N-ethyl adjacent to an activating group) is 1. The molecule has 0 radical (unpaired) electrons. The Kier molecular flexibility index (Phi) is 7.79. The summed E-state index contributed by atoms with van der Waals surface area (Å²) in [5.74, 6) is -0.480. The first-order valence-corrected chi connectivity index (χ1v) is 11.1. The molecule has 8 heteroatoms. The second kappa shape index (κ2) is 10.4. The Morgan fingerprint density at radius 2 is 1.70 bits per heavy atom. The Balaban J connectivity index is 1.62. The number of nitrogens with zero attached hydrogens (tertiary/aromatic N) is 2. The fourth-order valence-electron chi connectivity index (χ4n) is 4.24. The molecule has 2 amide bonds. The molecule has 1 atom stereocenters. The van der Waals surface area contributed by atoms with E-state index in [-0.39, 0.29) is 30.9 Å². The molecule has 1 heterocycles. The van der Waals surface area contributed by atoms with Crippen molar-refractivity contribution in [2.45, 2.75) is 45.3 Å². The van der Waals surface area contributed by atoms with Crippen LogP contribution in [0, 0.1) is 13.8 Å². The Morgan fingerprint density at radius 1 is 1.06 bits per heavy atom. The van der Waals surface area contributed by atoms with Crippen molar-refractivity contribution in [2.24, 2.45) is 0 Å². The summed E-state index contributed by atoms with van der Waals surface area (Å²) in [6.45, 7) is 4.54. The van der Waals surface area contributed by atoms with Crippen LogP contribution in [0.25, 0.3) is 0 Å². The Hall–Kier alpha value is -2.87. The molecule has 0 spiro atoms. The third kappa shape index (κ3) is 6.35. The van der Waals surface area contributed by atoms with Crippen LogP contribution in [-0.4, -0.2) is 48.3 Å². The highest BCUT2D eigenvalue weighted by Gasteiger charge is 2.31. The lowest BCUT2D eigenvalue weighted by Crippen LogP contribution is -2.44. The number of carbonyl (C=O) groups excluding carboxylic acids is 2. The van der Waals surface area contributed by atoms with Gasteiger partial charge in [-0.1, -0.05) is 36.8 Å². The van der Waals surface area contributed by atoms with Crippen molar-refractivity contribution in [3.05, 3.63) is 64.7 Å². The third-order valence-electron chi connectivity index (χ3n) is 6.13. The maximum Gasteiger partial charge on any atom is 0.416 e. The molecular weight excluding hydrogens is 431 g/mol. The van der Waals surface area contributed by atoms with Crippen LogP contribution in [0.4, 0.5) is 18.9 Å². The SMILES string of the molecule is Cc1cccc(C)c1NC(=O)CN(C)C(=O)CN1CCCCC1c1ccc(C(F)(F)F)cc1. The van der Waals surface area contributed by atoms with Crippen LogP contribution < -0.4 is 5.32 Å². The zero-order chi connectivity index (χ0) is 24.2. The van der Waals surface area contributed by atoms with E-state index in [1.807, 2.05) is 36.9 Å². The lowest BCUT2D eigenvalue weighted by molar-refractivity contribution is -0.137. The quantitative estimate of drug-likeness (QED) is 0.663. The number of para-hydroxylation sites is 1. The van der Waals surface area contributed by atoms with E-state index in [4.69, 9.17) is 0 Å². The molecule has 0 bridgehead atoms. The number of halogens is 3. The molecule has 0 aromatic heterocycles. The molecule has 0 aliphatic carbocycles. The van der Waals surface area contributed by atoms with E-state index in [1.54, 1.807) is 7.05 Å². The summed E-state index contributed by atoms with van der Waals surface area (Å²) in [7, 11) is 1.59. The number of aryl methyl sites for hydroxylation is 2. The van der Waals surface area contributed by atoms with Gasteiger partial charge in [-0.2, -0.15) is 13.2 Å². The van der Waals surface area contributed by atoms with Gasteiger partial charge in [-0.15, -0.1) is 0 Å². The average molecular weight is 462 g/mol. The zero-order valence-corrected chi connectivity index (χ0v) is 19.2. The third-order valence-corrected chi connectivity index (χ3v) is 6.13. The predicted octanol–water partition coefficient (Wildman–Crippen LogP) is 4.95. The van der Waals surface area contributed by atoms with Crippen molar-refractivity contribution < 1.29 is 22.8 Å². The summed E-state index contributed by atoms with van der Waals surface area (Å²) in [6.07, 6.45) is -1.73. The van der Waals surface area contributed by atoms with Crippen LogP contribution in [0.2, 0.25) is 0 Å².